The van der Waals surface area contributed by atoms with Crippen molar-refractivity contribution < 1.29 is 9.47 Å². The van der Waals surface area contributed by atoms with Crippen molar-refractivity contribution in [2.75, 3.05) is 7.11 Å². The highest BCUT2D eigenvalue weighted by atomic mass is 16.5. The van der Waals surface area contributed by atoms with Crippen LogP contribution in [0.5, 0.6) is 11.5 Å². The van der Waals surface area contributed by atoms with Crippen molar-refractivity contribution in [2.45, 2.75) is 44.9 Å². The molecule has 0 saturated heterocycles. The summed E-state index contributed by atoms with van der Waals surface area (Å²) in [6.07, 6.45) is 8.79. The van der Waals surface area contributed by atoms with Crippen LogP contribution in [0.3, 0.4) is 0 Å². The number of nitrogens with zero attached hydrogens (tertiary/aromatic N) is 1. The molecule has 1 aliphatic rings. The van der Waals surface area contributed by atoms with E-state index < -0.39 is 0 Å². The number of hydrogen-bond acceptors (Lipinski definition) is 4. The third-order valence-corrected chi connectivity index (χ3v) is 4.23. The predicted octanol–water partition coefficient (Wildman–Crippen LogP) is 3.70. The molecule has 1 aliphatic carbocycles. The summed E-state index contributed by atoms with van der Waals surface area (Å²) in [6.45, 7) is 1.63. The van der Waals surface area contributed by atoms with Crippen LogP contribution in [0.4, 0.5) is 0 Å². The number of aromatic nitrogens is 1. The Bertz CT molecular complexity index is 610. The summed E-state index contributed by atoms with van der Waals surface area (Å²) in [7, 11) is 1.69. The summed E-state index contributed by atoms with van der Waals surface area (Å²) in [5.74, 6) is 1.68. The Hall–Kier alpha value is -2.07. The first kappa shape index (κ1) is 15.8. The van der Waals surface area contributed by atoms with Crippen molar-refractivity contribution in [2.24, 2.45) is 0 Å². The van der Waals surface area contributed by atoms with E-state index in [0.29, 0.717) is 6.10 Å². The third kappa shape index (κ3) is 4.45. The second-order valence-corrected chi connectivity index (χ2v) is 5.97. The van der Waals surface area contributed by atoms with Gasteiger partial charge in [0.2, 0.25) is 0 Å². The zero-order chi connectivity index (χ0) is 15.9. The molecule has 1 heterocycles. The molecule has 0 unspecified atom stereocenters. The van der Waals surface area contributed by atoms with Gasteiger partial charge in [-0.05, 0) is 61.1 Å². The van der Waals surface area contributed by atoms with Gasteiger partial charge in [-0.3, -0.25) is 4.98 Å². The lowest BCUT2D eigenvalue weighted by Gasteiger charge is -2.17. The predicted molar refractivity (Wildman–Crippen MR) is 90.7 cm³/mol. The summed E-state index contributed by atoms with van der Waals surface area (Å²) in [5.41, 5.74) is 2.43. The number of hydrogen-bond donors (Lipinski definition) is 1. The maximum absolute atomic E-state index is 6.14. The normalized spacial score (nSPS) is 14.8. The van der Waals surface area contributed by atoms with Gasteiger partial charge < -0.3 is 14.8 Å². The molecule has 0 spiro atoms. The zero-order valence-electron chi connectivity index (χ0n) is 13.6. The van der Waals surface area contributed by atoms with Crippen LogP contribution >= 0.6 is 0 Å². The molecule has 2 aromatic rings. The lowest BCUT2D eigenvalue weighted by Crippen LogP contribution is -2.14. The van der Waals surface area contributed by atoms with E-state index in [4.69, 9.17) is 9.47 Å². The molecule has 1 aromatic carbocycles. The molecular formula is C19H24N2O2. The first-order chi connectivity index (χ1) is 11.3. The fourth-order valence-electron chi connectivity index (χ4n) is 2.96. The molecule has 1 saturated carbocycles. The van der Waals surface area contributed by atoms with E-state index in [9.17, 15) is 0 Å². The maximum Gasteiger partial charge on any atom is 0.161 e. The standard InChI is InChI=1S/C19H24N2O2/c1-22-18-7-6-16(12-19(18)23-17-4-2-3-5-17)14-21-13-15-8-10-20-11-9-15/h6-12,17,21H,2-5,13-14H2,1H3. The Morgan fingerprint density at radius 1 is 1.00 bits per heavy atom. The number of benzene rings is 1. The molecule has 0 atom stereocenters. The van der Waals surface area contributed by atoms with E-state index in [0.717, 1.165) is 37.4 Å². The lowest BCUT2D eigenvalue weighted by atomic mass is 10.2. The molecule has 0 bridgehead atoms. The molecule has 122 valence electrons. The Morgan fingerprint density at radius 3 is 2.48 bits per heavy atom. The third-order valence-electron chi connectivity index (χ3n) is 4.23. The van der Waals surface area contributed by atoms with Crippen LogP contribution in [0.2, 0.25) is 0 Å². The fourth-order valence-corrected chi connectivity index (χ4v) is 2.96. The molecule has 3 rings (SSSR count). The molecule has 0 radical (unpaired) electrons. The van der Waals surface area contributed by atoms with E-state index >= 15 is 0 Å². The van der Waals surface area contributed by atoms with Gasteiger partial charge in [0.15, 0.2) is 11.5 Å². The molecular weight excluding hydrogens is 288 g/mol. The van der Waals surface area contributed by atoms with Gasteiger partial charge in [-0.25, -0.2) is 0 Å². The van der Waals surface area contributed by atoms with Crippen molar-refractivity contribution in [1.29, 1.82) is 0 Å². The molecule has 1 aromatic heterocycles. The molecule has 4 nitrogen and oxygen atoms in total. The van der Waals surface area contributed by atoms with Crippen LogP contribution in [0.15, 0.2) is 42.7 Å². The van der Waals surface area contributed by atoms with Gasteiger partial charge in [-0.2, -0.15) is 0 Å². The van der Waals surface area contributed by atoms with Crippen LogP contribution in [0, 0.1) is 0 Å². The van der Waals surface area contributed by atoms with Gasteiger partial charge in [-0.15, -0.1) is 0 Å². The molecule has 23 heavy (non-hydrogen) atoms. The number of nitrogens with one attached hydrogen (secondary N) is 1. The second kappa shape index (κ2) is 7.97. The van der Waals surface area contributed by atoms with E-state index in [2.05, 4.69) is 22.4 Å². The number of methoxy groups -OCH3 is 1. The summed E-state index contributed by atoms with van der Waals surface area (Å²) in [4.78, 5) is 4.03. The highest BCUT2D eigenvalue weighted by Gasteiger charge is 2.18. The lowest BCUT2D eigenvalue weighted by molar-refractivity contribution is 0.200. The van der Waals surface area contributed by atoms with Crippen LogP contribution in [-0.4, -0.2) is 18.2 Å². The minimum absolute atomic E-state index is 0.337. The summed E-state index contributed by atoms with van der Waals surface area (Å²) in [5, 5.41) is 3.45. The quantitative estimate of drug-likeness (QED) is 0.846. The van der Waals surface area contributed by atoms with Crippen LogP contribution in [0.1, 0.15) is 36.8 Å². The minimum atomic E-state index is 0.337. The smallest absolute Gasteiger partial charge is 0.161 e. The molecule has 0 aliphatic heterocycles. The van der Waals surface area contributed by atoms with Crippen molar-refractivity contribution in [3.05, 3.63) is 53.9 Å². The number of ether oxygens (including phenoxy) is 2. The average molecular weight is 312 g/mol. The number of rotatable bonds is 7. The molecule has 0 amide bonds. The van der Waals surface area contributed by atoms with Gasteiger partial charge >= 0.3 is 0 Å². The van der Waals surface area contributed by atoms with Gasteiger partial charge in [0.1, 0.15) is 0 Å². The summed E-state index contributed by atoms with van der Waals surface area (Å²) >= 11 is 0. The Balaban J connectivity index is 1.60. The fraction of sp³-hybridized carbons (Fsp3) is 0.421. The Morgan fingerprint density at radius 2 is 1.74 bits per heavy atom. The van der Waals surface area contributed by atoms with Crippen molar-refractivity contribution in [3.63, 3.8) is 0 Å². The monoisotopic (exact) mass is 312 g/mol. The topological polar surface area (TPSA) is 43.4 Å². The first-order valence-corrected chi connectivity index (χ1v) is 8.28. The van der Waals surface area contributed by atoms with Gasteiger partial charge in [0, 0.05) is 25.5 Å². The van der Waals surface area contributed by atoms with Crippen molar-refractivity contribution >= 4 is 0 Å². The largest absolute Gasteiger partial charge is 0.493 e. The minimum Gasteiger partial charge on any atom is -0.493 e. The average Bonchev–Trinajstić information content (AvgIpc) is 3.09. The van der Waals surface area contributed by atoms with Gasteiger partial charge in [-0.1, -0.05) is 6.07 Å². The maximum atomic E-state index is 6.14. The summed E-state index contributed by atoms with van der Waals surface area (Å²) in [6, 6.07) is 10.2. The molecule has 1 fully saturated rings. The van der Waals surface area contributed by atoms with Crippen LogP contribution in [-0.2, 0) is 13.1 Å². The second-order valence-electron chi connectivity index (χ2n) is 5.97. The first-order valence-electron chi connectivity index (χ1n) is 8.28. The Kier molecular flexibility index (Phi) is 5.48. The van der Waals surface area contributed by atoms with Crippen molar-refractivity contribution in [1.82, 2.24) is 10.3 Å². The van der Waals surface area contributed by atoms with E-state index in [-0.39, 0.29) is 0 Å². The zero-order valence-corrected chi connectivity index (χ0v) is 13.6. The van der Waals surface area contributed by atoms with Gasteiger partial charge in [0.25, 0.3) is 0 Å². The number of pyridine rings is 1. The van der Waals surface area contributed by atoms with E-state index in [1.807, 2.05) is 30.6 Å². The molecule has 1 N–H and O–H groups in total. The highest BCUT2D eigenvalue weighted by molar-refractivity contribution is 5.43. The van der Waals surface area contributed by atoms with Crippen LogP contribution in [0.25, 0.3) is 0 Å². The Labute approximate surface area is 137 Å². The SMILES string of the molecule is COc1ccc(CNCc2ccncc2)cc1OC1CCCC1. The van der Waals surface area contributed by atoms with Crippen molar-refractivity contribution in [3.8, 4) is 11.5 Å². The van der Waals surface area contributed by atoms with Gasteiger partial charge in [0.05, 0.1) is 13.2 Å². The van der Waals surface area contributed by atoms with E-state index in [1.54, 1.807) is 7.11 Å². The summed E-state index contributed by atoms with van der Waals surface area (Å²) < 4.78 is 11.6. The molecule has 4 heteroatoms. The van der Waals surface area contributed by atoms with Crippen LogP contribution < -0.4 is 14.8 Å². The highest BCUT2D eigenvalue weighted by Crippen LogP contribution is 2.32. The van der Waals surface area contributed by atoms with E-state index in [1.165, 1.54) is 24.0 Å².